The summed E-state index contributed by atoms with van der Waals surface area (Å²) in [7, 11) is 0. The van der Waals surface area contributed by atoms with Crippen LogP contribution in [-0.2, 0) is 10.3 Å². The average Bonchev–Trinajstić information content (AvgIpc) is 3.23. The van der Waals surface area contributed by atoms with Crippen molar-refractivity contribution in [2.24, 2.45) is 0 Å². The Morgan fingerprint density at radius 3 is 2.47 bits per heavy atom. The fourth-order valence-electron chi connectivity index (χ4n) is 2.45. The van der Waals surface area contributed by atoms with Crippen molar-refractivity contribution < 1.29 is 4.74 Å². The average molecular weight is 376 g/mol. The molecule has 0 spiro atoms. The minimum Gasteiger partial charge on any atom is -0.367 e. The van der Waals surface area contributed by atoms with Crippen LogP contribution >= 0.6 is 22.6 Å². The lowest BCUT2D eigenvalue weighted by Gasteiger charge is -2.30. The molecule has 0 amide bonds. The van der Waals surface area contributed by atoms with E-state index in [9.17, 15) is 4.79 Å². The molecule has 0 saturated heterocycles. The summed E-state index contributed by atoms with van der Waals surface area (Å²) in [5.41, 5.74) is 0.478. The first-order valence-corrected chi connectivity index (χ1v) is 8.10. The highest BCUT2D eigenvalue weighted by Gasteiger charge is 2.35. The van der Waals surface area contributed by atoms with Crippen molar-refractivity contribution >= 4 is 22.6 Å². The van der Waals surface area contributed by atoms with E-state index in [0.29, 0.717) is 18.3 Å². The summed E-state index contributed by atoms with van der Waals surface area (Å²) in [6.45, 7) is 6.75. The molecule has 1 aliphatic carbocycles. The molecule has 1 aromatic rings. The molecular weight excluding hydrogens is 355 g/mol. The van der Waals surface area contributed by atoms with E-state index in [4.69, 9.17) is 9.72 Å². The lowest BCUT2D eigenvalue weighted by atomic mass is 9.95. The van der Waals surface area contributed by atoms with Crippen LogP contribution in [0.3, 0.4) is 0 Å². The van der Waals surface area contributed by atoms with Crippen LogP contribution in [0.15, 0.2) is 4.79 Å². The smallest absolute Gasteiger partial charge is 0.264 e. The highest BCUT2D eigenvalue weighted by atomic mass is 127. The lowest BCUT2D eigenvalue weighted by Crippen LogP contribution is -2.34. The highest BCUT2D eigenvalue weighted by Crippen LogP contribution is 2.41. The van der Waals surface area contributed by atoms with Gasteiger partial charge in [-0.1, -0.05) is 13.8 Å². The van der Waals surface area contributed by atoms with E-state index in [2.05, 4.69) is 41.4 Å². The Labute approximate surface area is 127 Å². The minimum atomic E-state index is -0.456. The van der Waals surface area contributed by atoms with Crippen LogP contribution in [0.25, 0.3) is 0 Å². The molecule has 19 heavy (non-hydrogen) atoms. The SMILES string of the molecule is CCOC(CC)(CC)c1nc(C2CC2)c(I)c(=O)[nH]1. The number of rotatable bonds is 6. The molecule has 0 aromatic carbocycles. The second-order valence-electron chi connectivity index (χ2n) is 5.02. The third-order valence-electron chi connectivity index (χ3n) is 3.85. The molecule has 1 saturated carbocycles. The van der Waals surface area contributed by atoms with Crippen molar-refractivity contribution in [2.45, 2.75) is 58.0 Å². The monoisotopic (exact) mass is 376 g/mol. The van der Waals surface area contributed by atoms with Gasteiger partial charge in [0.05, 0.1) is 9.26 Å². The van der Waals surface area contributed by atoms with Gasteiger partial charge in [0, 0.05) is 12.5 Å². The summed E-state index contributed by atoms with van der Waals surface area (Å²) < 4.78 is 6.67. The number of aromatic nitrogens is 2. The zero-order valence-electron chi connectivity index (χ0n) is 11.8. The van der Waals surface area contributed by atoms with E-state index in [-0.39, 0.29) is 5.56 Å². The Balaban J connectivity index is 2.51. The maximum atomic E-state index is 12.1. The van der Waals surface area contributed by atoms with Crippen molar-refractivity contribution in [3.8, 4) is 0 Å². The molecule has 1 fully saturated rings. The Morgan fingerprint density at radius 2 is 2.00 bits per heavy atom. The molecule has 0 unspecified atom stereocenters. The second-order valence-corrected chi connectivity index (χ2v) is 6.10. The van der Waals surface area contributed by atoms with E-state index in [0.717, 1.165) is 34.9 Å². The van der Waals surface area contributed by atoms with Crippen LogP contribution in [0.5, 0.6) is 0 Å². The zero-order valence-corrected chi connectivity index (χ0v) is 13.9. The topological polar surface area (TPSA) is 55.0 Å². The van der Waals surface area contributed by atoms with Crippen LogP contribution in [0.4, 0.5) is 0 Å². The number of hydrogen-bond acceptors (Lipinski definition) is 3. The van der Waals surface area contributed by atoms with Gasteiger partial charge >= 0.3 is 0 Å². The molecule has 4 nitrogen and oxygen atoms in total. The lowest BCUT2D eigenvalue weighted by molar-refractivity contribution is -0.0575. The first-order chi connectivity index (χ1) is 9.07. The summed E-state index contributed by atoms with van der Waals surface area (Å²) in [4.78, 5) is 19.8. The standard InChI is InChI=1S/C14H21IN2O2/c1-4-14(5-2,19-6-3)13-16-11(9-7-8-9)10(15)12(18)17-13/h9H,4-8H2,1-3H3,(H,16,17,18). The van der Waals surface area contributed by atoms with Gasteiger partial charge in [0.15, 0.2) is 0 Å². The maximum Gasteiger partial charge on any atom is 0.264 e. The van der Waals surface area contributed by atoms with Gasteiger partial charge in [0.1, 0.15) is 11.4 Å². The number of ether oxygens (including phenoxy) is 1. The molecule has 1 N–H and O–H groups in total. The molecule has 0 atom stereocenters. The third-order valence-corrected chi connectivity index (χ3v) is 4.89. The minimum absolute atomic E-state index is 0.0292. The van der Waals surface area contributed by atoms with E-state index in [1.807, 2.05) is 6.92 Å². The van der Waals surface area contributed by atoms with Gasteiger partial charge in [-0.2, -0.15) is 0 Å². The molecule has 1 heterocycles. The maximum absolute atomic E-state index is 12.1. The van der Waals surface area contributed by atoms with E-state index in [1.54, 1.807) is 0 Å². The van der Waals surface area contributed by atoms with Gasteiger partial charge in [-0.25, -0.2) is 4.98 Å². The van der Waals surface area contributed by atoms with Gasteiger partial charge in [0.25, 0.3) is 5.56 Å². The van der Waals surface area contributed by atoms with Crippen LogP contribution < -0.4 is 5.56 Å². The van der Waals surface area contributed by atoms with Crippen molar-refractivity contribution in [3.05, 3.63) is 25.4 Å². The van der Waals surface area contributed by atoms with Gasteiger partial charge in [-0.05, 0) is 55.2 Å². The van der Waals surface area contributed by atoms with Gasteiger partial charge in [0.2, 0.25) is 0 Å². The van der Waals surface area contributed by atoms with Crippen LogP contribution in [0.1, 0.15) is 63.9 Å². The summed E-state index contributed by atoms with van der Waals surface area (Å²) >= 11 is 2.10. The number of nitrogens with one attached hydrogen (secondary N) is 1. The molecule has 0 radical (unpaired) electrons. The Kier molecular flexibility index (Phi) is 4.66. The van der Waals surface area contributed by atoms with Crippen molar-refractivity contribution in [2.75, 3.05) is 6.61 Å². The number of halogens is 1. The number of hydrogen-bond donors (Lipinski definition) is 1. The fraction of sp³-hybridized carbons (Fsp3) is 0.714. The van der Waals surface area contributed by atoms with Crippen LogP contribution in [-0.4, -0.2) is 16.6 Å². The van der Waals surface area contributed by atoms with Crippen LogP contribution in [0.2, 0.25) is 0 Å². The van der Waals surface area contributed by atoms with E-state index >= 15 is 0 Å². The number of nitrogens with zero attached hydrogens (tertiary/aromatic N) is 1. The molecule has 0 aliphatic heterocycles. The Bertz CT molecular complexity index is 505. The quantitative estimate of drug-likeness (QED) is 0.776. The zero-order chi connectivity index (χ0) is 14.0. The second kappa shape index (κ2) is 5.91. The van der Waals surface area contributed by atoms with Crippen molar-refractivity contribution in [1.82, 2.24) is 9.97 Å². The highest BCUT2D eigenvalue weighted by molar-refractivity contribution is 14.1. The van der Waals surface area contributed by atoms with Gasteiger partial charge < -0.3 is 9.72 Å². The van der Waals surface area contributed by atoms with Crippen molar-refractivity contribution in [1.29, 1.82) is 0 Å². The van der Waals surface area contributed by atoms with Gasteiger partial charge in [-0.15, -0.1) is 0 Å². The fourth-order valence-corrected chi connectivity index (χ4v) is 3.15. The molecule has 2 rings (SSSR count). The molecule has 1 aliphatic rings. The summed E-state index contributed by atoms with van der Waals surface area (Å²) in [5, 5.41) is 0. The third kappa shape index (κ3) is 2.86. The summed E-state index contributed by atoms with van der Waals surface area (Å²) in [5.74, 6) is 1.17. The summed E-state index contributed by atoms with van der Waals surface area (Å²) in [6, 6.07) is 0. The normalized spacial score (nSPS) is 15.8. The summed E-state index contributed by atoms with van der Waals surface area (Å²) in [6.07, 6.45) is 3.91. The van der Waals surface area contributed by atoms with Gasteiger partial charge in [-0.3, -0.25) is 4.79 Å². The molecule has 5 heteroatoms. The Morgan fingerprint density at radius 1 is 1.37 bits per heavy atom. The van der Waals surface area contributed by atoms with E-state index < -0.39 is 5.60 Å². The molecule has 106 valence electrons. The largest absolute Gasteiger partial charge is 0.367 e. The predicted octanol–water partition coefficient (Wildman–Crippen LogP) is 3.30. The molecule has 0 bridgehead atoms. The predicted molar refractivity (Wildman–Crippen MR) is 83.4 cm³/mol. The van der Waals surface area contributed by atoms with Crippen molar-refractivity contribution in [3.63, 3.8) is 0 Å². The Hall–Kier alpha value is -0.430. The number of aromatic amines is 1. The first kappa shape index (κ1) is 15.0. The molecule has 1 aromatic heterocycles. The molecular formula is C14H21IN2O2. The van der Waals surface area contributed by atoms with Crippen LogP contribution in [0, 0.1) is 3.57 Å². The van der Waals surface area contributed by atoms with E-state index in [1.165, 1.54) is 0 Å². The number of H-pyrrole nitrogens is 1. The first-order valence-electron chi connectivity index (χ1n) is 7.02.